The quantitative estimate of drug-likeness (QED) is 0.498. The Kier molecular flexibility index (Phi) is 4.60. The number of carbonyl (C=O) groups is 2. The van der Waals surface area contributed by atoms with Crippen LogP contribution in [0.5, 0.6) is 0 Å². The Morgan fingerprint density at radius 2 is 1.54 bits per heavy atom. The van der Waals surface area contributed by atoms with E-state index in [0.29, 0.717) is 22.8 Å². The van der Waals surface area contributed by atoms with Crippen molar-refractivity contribution in [3.05, 3.63) is 89.5 Å². The summed E-state index contributed by atoms with van der Waals surface area (Å²) in [4.78, 5) is 32.4. The van der Waals surface area contributed by atoms with E-state index in [2.05, 4.69) is 20.6 Å². The largest absolute Gasteiger partial charge is 0.324 e. The normalized spacial score (nSPS) is 10.6. The van der Waals surface area contributed by atoms with E-state index >= 15 is 0 Å². The van der Waals surface area contributed by atoms with Gasteiger partial charge in [0, 0.05) is 16.8 Å². The van der Waals surface area contributed by atoms with Crippen molar-refractivity contribution >= 4 is 34.5 Å². The van der Waals surface area contributed by atoms with E-state index in [1.807, 2.05) is 37.3 Å². The molecule has 2 amide bonds. The number of para-hydroxylation sites is 2. The predicted octanol–water partition coefficient (Wildman–Crippen LogP) is 4.38. The number of anilines is 2. The number of imidazole rings is 1. The monoisotopic (exact) mass is 370 g/mol. The lowest BCUT2D eigenvalue weighted by atomic mass is 10.1. The molecule has 0 unspecified atom stereocenters. The highest BCUT2D eigenvalue weighted by molar-refractivity contribution is 6.07. The Hall–Kier alpha value is -3.93. The van der Waals surface area contributed by atoms with E-state index < -0.39 is 0 Å². The van der Waals surface area contributed by atoms with Crippen LogP contribution in [0.25, 0.3) is 11.0 Å². The van der Waals surface area contributed by atoms with Crippen LogP contribution in [0.3, 0.4) is 0 Å². The van der Waals surface area contributed by atoms with Gasteiger partial charge in [-0.05, 0) is 48.9 Å². The third-order valence-electron chi connectivity index (χ3n) is 4.41. The van der Waals surface area contributed by atoms with E-state index in [1.165, 1.54) is 0 Å². The van der Waals surface area contributed by atoms with Crippen LogP contribution < -0.4 is 10.6 Å². The highest BCUT2D eigenvalue weighted by Gasteiger charge is 2.13. The van der Waals surface area contributed by atoms with E-state index in [0.717, 1.165) is 16.6 Å². The number of hydrogen-bond acceptors (Lipinski definition) is 3. The maximum Gasteiger partial charge on any atom is 0.258 e. The van der Waals surface area contributed by atoms with Crippen LogP contribution in [0.2, 0.25) is 0 Å². The number of hydrogen-bond donors (Lipinski definition) is 3. The van der Waals surface area contributed by atoms with Gasteiger partial charge >= 0.3 is 0 Å². The van der Waals surface area contributed by atoms with Crippen LogP contribution in [0.15, 0.2) is 72.8 Å². The molecular formula is C22H18N4O2. The van der Waals surface area contributed by atoms with Crippen LogP contribution in [0.1, 0.15) is 26.3 Å². The van der Waals surface area contributed by atoms with Gasteiger partial charge in [-0.15, -0.1) is 0 Å². The van der Waals surface area contributed by atoms with Crippen LogP contribution in [-0.2, 0) is 0 Å². The van der Waals surface area contributed by atoms with Gasteiger partial charge < -0.3 is 10.3 Å². The summed E-state index contributed by atoms with van der Waals surface area (Å²) < 4.78 is 0. The molecular weight excluding hydrogens is 352 g/mol. The van der Waals surface area contributed by atoms with Gasteiger partial charge in [-0.3, -0.25) is 14.9 Å². The lowest BCUT2D eigenvalue weighted by molar-refractivity contribution is 0.101. The number of aryl methyl sites for hydroxylation is 1. The number of nitrogens with zero attached hydrogens (tertiary/aromatic N) is 1. The molecule has 4 aromatic rings. The van der Waals surface area contributed by atoms with Crippen molar-refractivity contribution in [3.63, 3.8) is 0 Å². The molecule has 28 heavy (non-hydrogen) atoms. The van der Waals surface area contributed by atoms with E-state index in [-0.39, 0.29) is 11.8 Å². The number of H-pyrrole nitrogens is 1. The SMILES string of the molecule is Cc1ccc(C(=O)Nc2nc3ccccc3[nH]2)cc1NC(=O)c1ccccc1. The van der Waals surface area contributed by atoms with Gasteiger partial charge in [-0.2, -0.15) is 0 Å². The minimum atomic E-state index is -0.311. The maximum atomic E-state index is 12.6. The highest BCUT2D eigenvalue weighted by Crippen LogP contribution is 2.20. The zero-order valence-corrected chi connectivity index (χ0v) is 15.2. The fraction of sp³-hybridized carbons (Fsp3) is 0.0455. The van der Waals surface area contributed by atoms with Gasteiger partial charge in [-0.25, -0.2) is 4.98 Å². The Bertz CT molecular complexity index is 1130. The number of fused-ring (bicyclic) bond motifs is 1. The predicted molar refractivity (Wildman–Crippen MR) is 110 cm³/mol. The number of nitrogens with one attached hydrogen (secondary N) is 3. The molecule has 0 fully saturated rings. The van der Waals surface area contributed by atoms with Crippen LogP contribution in [-0.4, -0.2) is 21.8 Å². The van der Waals surface area contributed by atoms with Crippen LogP contribution in [0.4, 0.5) is 11.6 Å². The molecule has 0 aliphatic carbocycles. The summed E-state index contributed by atoms with van der Waals surface area (Å²) in [5.41, 5.74) is 4.05. The third kappa shape index (κ3) is 3.61. The lowest BCUT2D eigenvalue weighted by Crippen LogP contribution is -2.16. The molecule has 0 saturated heterocycles. The maximum absolute atomic E-state index is 12.6. The molecule has 0 aliphatic rings. The number of amides is 2. The average molecular weight is 370 g/mol. The number of benzene rings is 3. The second-order valence-corrected chi connectivity index (χ2v) is 6.41. The molecule has 4 rings (SSSR count). The summed E-state index contributed by atoms with van der Waals surface area (Å²) in [7, 11) is 0. The van der Waals surface area contributed by atoms with Crippen molar-refractivity contribution in [2.24, 2.45) is 0 Å². The van der Waals surface area contributed by atoms with Gasteiger partial charge in [0.25, 0.3) is 11.8 Å². The number of aromatic amines is 1. The molecule has 0 atom stereocenters. The van der Waals surface area contributed by atoms with Crippen molar-refractivity contribution in [1.82, 2.24) is 9.97 Å². The summed E-state index contributed by atoms with van der Waals surface area (Å²) in [6.07, 6.45) is 0. The van der Waals surface area contributed by atoms with E-state index in [4.69, 9.17) is 0 Å². The van der Waals surface area contributed by atoms with Gasteiger partial charge in [0.1, 0.15) is 0 Å². The van der Waals surface area contributed by atoms with Gasteiger partial charge in [0.05, 0.1) is 11.0 Å². The Labute approximate surface area is 161 Å². The molecule has 1 heterocycles. The first-order chi connectivity index (χ1) is 13.6. The molecule has 3 aromatic carbocycles. The van der Waals surface area contributed by atoms with Gasteiger partial charge in [0.15, 0.2) is 0 Å². The van der Waals surface area contributed by atoms with Gasteiger partial charge in [0.2, 0.25) is 5.95 Å². The second-order valence-electron chi connectivity index (χ2n) is 6.41. The zero-order chi connectivity index (χ0) is 19.5. The second kappa shape index (κ2) is 7.36. The Balaban J connectivity index is 1.54. The van der Waals surface area contributed by atoms with Crippen molar-refractivity contribution in [2.75, 3.05) is 10.6 Å². The first kappa shape index (κ1) is 17.5. The number of rotatable bonds is 4. The smallest absolute Gasteiger partial charge is 0.258 e. The molecule has 6 nitrogen and oxygen atoms in total. The van der Waals surface area contributed by atoms with E-state index in [1.54, 1.807) is 42.5 Å². The lowest BCUT2D eigenvalue weighted by Gasteiger charge is -2.10. The molecule has 0 saturated carbocycles. The molecule has 6 heteroatoms. The summed E-state index contributed by atoms with van der Waals surface area (Å²) >= 11 is 0. The molecule has 0 radical (unpaired) electrons. The van der Waals surface area contributed by atoms with Crippen molar-refractivity contribution < 1.29 is 9.59 Å². The first-order valence-electron chi connectivity index (χ1n) is 8.83. The standard InChI is InChI=1S/C22H18N4O2/c1-14-11-12-16(13-19(14)23-20(27)15-7-3-2-4-8-15)21(28)26-22-24-17-9-5-6-10-18(17)25-22/h2-13H,1H3,(H,23,27)(H2,24,25,26,28). The molecule has 1 aromatic heterocycles. The molecule has 3 N–H and O–H groups in total. The minimum Gasteiger partial charge on any atom is -0.324 e. The van der Waals surface area contributed by atoms with Gasteiger partial charge in [-0.1, -0.05) is 36.4 Å². The Morgan fingerprint density at radius 3 is 2.32 bits per heavy atom. The topological polar surface area (TPSA) is 86.9 Å². The van der Waals surface area contributed by atoms with E-state index in [9.17, 15) is 9.59 Å². The average Bonchev–Trinajstić information content (AvgIpc) is 3.12. The minimum absolute atomic E-state index is 0.224. The fourth-order valence-corrected chi connectivity index (χ4v) is 2.87. The number of carbonyl (C=O) groups excluding carboxylic acids is 2. The molecule has 0 spiro atoms. The fourth-order valence-electron chi connectivity index (χ4n) is 2.87. The van der Waals surface area contributed by atoms with Crippen molar-refractivity contribution in [2.45, 2.75) is 6.92 Å². The summed E-state index contributed by atoms with van der Waals surface area (Å²) in [6, 6.07) is 21.7. The van der Waals surface area contributed by atoms with Crippen molar-refractivity contribution in [1.29, 1.82) is 0 Å². The molecule has 0 aliphatic heterocycles. The number of aromatic nitrogens is 2. The van der Waals surface area contributed by atoms with Crippen LogP contribution >= 0.6 is 0 Å². The van der Waals surface area contributed by atoms with Crippen molar-refractivity contribution in [3.8, 4) is 0 Å². The highest BCUT2D eigenvalue weighted by atomic mass is 16.2. The Morgan fingerprint density at radius 1 is 0.821 bits per heavy atom. The molecule has 138 valence electrons. The summed E-state index contributed by atoms with van der Waals surface area (Å²) in [5, 5.41) is 5.63. The third-order valence-corrected chi connectivity index (χ3v) is 4.41. The first-order valence-corrected chi connectivity index (χ1v) is 8.83. The zero-order valence-electron chi connectivity index (χ0n) is 15.2. The summed E-state index contributed by atoms with van der Waals surface area (Å²) in [6.45, 7) is 1.88. The summed E-state index contributed by atoms with van der Waals surface area (Å²) in [5.74, 6) is -0.158. The van der Waals surface area contributed by atoms with Crippen LogP contribution in [0, 0.1) is 6.92 Å². The molecule has 0 bridgehead atoms.